The molecule has 1 aromatic rings. The zero-order chi connectivity index (χ0) is 15.2. The number of carbonyl (C=O) groups excluding carboxylic acids is 2. The fourth-order valence-corrected chi connectivity index (χ4v) is 2.65. The maximum Gasteiger partial charge on any atom is 0.240 e. The summed E-state index contributed by atoms with van der Waals surface area (Å²) in [6.07, 6.45) is 2.52. The third kappa shape index (κ3) is 4.04. The fraction of sp³-hybridized carbons (Fsp3) is 0.500. The molecule has 0 radical (unpaired) electrons. The summed E-state index contributed by atoms with van der Waals surface area (Å²) >= 11 is 0. The van der Waals surface area contributed by atoms with Crippen molar-refractivity contribution in [3.05, 3.63) is 35.4 Å². The zero-order valence-electron chi connectivity index (χ0n) is 12.5. The summed E-state index contributed by atoms with van der Waals surface area (Å²) in [7, 11) is 0. The van der Waals surface area contributed by atoms with E-state index in [9.17, 15) is 9.59 Å². The van der Waals surface area contributed by atoms with Gasteiger partial charge in [0.1, 0.15) is 0 Å². The minimum atomic E-state index is -0.462. The summed E-state index contributed by atoms with van der Waals surface area (Å²) in [5.74, 6) is -0.493. The Morgan fingerprint density at radius 2 is 2.05 bits per heavy atom. The van der Waals surface area contributed by atoms with Crippen LogP contribution < -0.4 is 11.1 Å². The standard InChI is InChI=1S/C16H23N3O2/c1-2-3-8-19(11-15(17)20)16(21)14-9-12-6-4-5-7-13(12)10-18-14/h4-7,14,18H,2-3,8-11H2,1H3,(H2,17,20)/t14-/m0/s1. The highest BCUT2D eigenvalue weighted by atomic mass is 16.2. The minimum absolute atomic E-state index is 0.00133. The normalized spacial score (nSPS) is 17.1. The van der Waals surface area contributed by atoms with Crippen LogP contribution in [-0.2, 0) is 22.6 Å². The van der Waals surface area contributed by atoms with Crippen LogP contribution in [0.25, 0.3) is 0 Å². The molecule has 21 heavy (non-hydrogen) atoms. The van der Waals surface area contributed by atoms with Crippen LogP contribution in [-0.4, -0.2) is 35.8 Å². The van der Waals surface area contributed by atoms with Crippen molar-refractivity contribution < 1.29 is 9.59 Å². The van der Waals surface area contributed by atoms with E-state index < -0.39 is 5.91 Å². The van der Waals surface area contributed by atoms with Crippen molar-refractivity contribution >= 4 is 11.8 Å². The average molecular weight is 289 g/mol. The predicted molar refractivity (Wildman–Crippen MR) is 81.5 cm³/mol. The Bertz CT molecular complexity index is 516. The molecule has 0 aliphatic carbocycles. The molecule has 1 atom stereocenters. The van der Waals surface area contributed by atoms with Crippen LogP contribution in [0.4, 0.5) is 0 Å². The molecule has 0 fully saturated rings. The molecule has 2 amide bonds. The predicted octanol–water partition coefficient (Wildman–Crippen LogP) is 0.815. The number of nitrogens with zero attached hydrogens (tertiary/aromatic N) is 1. The molecule has 0 unspecified atom stereocenters. The molecule has 1 aromatic carbocycles. The van der Waals surface area contributed by atoms with Crippen LogP contribution in [0.3, 0.4) is 0 Å². The highest BCUT2D eigenvalue weighted by molar-refractivity contribution is 5.87. The van der Waals surface area contributed by atoms with E-state index in [0.29, 0.717) is 19.5 Å². The van der Waals surface area contributed by atoms with Crippen molar-refractivity contribution in [1.82, 2.24) is 10.2 Å². The Kier molecular flexibility index (Phi) is 5.33. The Morgan fingerprint density at radius 1 is 1.33 bits per heavy atom. The second-order valence-electron chi connectivity index (χ2n) is 5.49. The molecule has 1 aliphatic heterocycles. The maximum atomic E-state index is 12.6. The molecule has 0 aromatic heterocycles. The van der Waals surface area contributed by atoms with Crippen molar-refractivity contribution in [3.8, 4) is 0 Å². The van der Waals surface area contributed by atoms with Crippen LogP contribution in [0.5, 0.6) is 0 Å². The zero-order valence-corrected chi connectivity index (χ0v) is 12.5. The lowest BCUT2D eigenvalue weighted by molar-refractivity contribution is -0.137. The van der Waals surface area contributed by atoms with Crippen LogP contribution in [0.2, 0.25) is 0 Å². The van der Waals surface area contributed by atoms with E-state index in [0.717, 1.165) is 12.8 Å². The van der Waals surface area contributed by atoms with Gasteiger partial charge in [-0.1, -0.05) is 37.6 Å². The molecule has 114 valence electrons. The third-order valence-electron chi connectivity index (χ3n) is 3.82. The molecule has 0 bridgehead atoms. The molecular formula is C16H23N3O2. The van der Waals surface area contributed by atoms with Gasteiger partial charge < -0.3 is 16.0 Å². The van der Waals surface area contributed by atoms with Gasteiger partial charge >= 0.3 is 0 Å². The van der Waals surface area contributed by atoms with Gasteiger partial charge in [-0.25, -0.2) is 0 Å². The van der Waals surface area contributed by atoms with E-state index in [4.69, 9.17) is 5.73 Å². The molecule has 0 spiro atoms. The number of hydrogen-bond donors (Lipinski definition) is 2. The summed E-state index contributed by atoms with van der Waals surface area (Å²) in [4.78, 5) is 25.4. The summed E-state index contributed by atoms with van der Waals surface area (Å²) < 4.78 is 0. The lowest BCUT2D eigenvalue weighted by Crippen LogP contribution is -2.51. The molecule has 5 nitrogen and oxygen atoms in total. The maximum absolute atomic E-state index is 12.6. The van der Waals surface area contributed by atoms with Crippen molar-refractivity contribution in [2.75, 3.05) is 13.1 Å². The number of nitrogens with one attached hydrogen (secondary N) is 1. The van der Waals surface area contributed by atoms with Gasteiger partial charge in [0.25, 0.3) is 0 Å². The second kappa shape index (κ2) is 7.22. The highest BCUT2D eigenvalue weighted by Gasteiger charge is 2.28. The lowest BCUT2D eigenvalue weighted by atomic mass is 9.95. The topological polar surface area (TPSA) is 75.4 Å². The summed E-state index contributed by atoms with van der Waals surface area (Å²) in [5.41, 5.74) is 7.69. The van der Waals surface area contributed by atoms with Crippen molar-refractivity contribution in [2.24, 2.45) is 5.73 Å². The van der Waals surface area contributed by atoms with E-state index >= 15 is 0 Å². The Morgan fingerprint density at radius 3 is 2.71 bits per heavy atom. The lowest BCUT2D eigenvalue weighted by Gasteiger charge is -2.30. The number of carbonyl (C=O) groups is 2. The van der Waals surface area contributed by atoms with Gasteiger partial charge in [-0.15, -0.1) is 0 Å². The average Bonchev–Trinajstić information content (AvgIpc) is 2.50. The van der Waals surface area contributed by atoms with Crippen molar-refractivity contribution in [1.29, 1.82) is 0 Å². The first kappa shape index (κ1) is 15.5. The number of nitrogens with two attached hydrogens (primary N) is 1. The quantitative estimate of drug-likeness (QED) is 0.814. The van der Waals surface area contributed by atoms with Gasteiger partial charge in [0, 0.05) is 13.1 Å². The first-order valence-corrected chi connectivity index (χ1v) is 7.49. The van der Waals surface area contributed by atoms with E-state index in [-0.39, 0.29) is 18.5 Å². The largest absolute Gasteiger partial charge is 0.368 e. The number of amides is 2. The van der Waals surface area contributed by atoms with E-state index in [1.54, 1.807) is 4.90 Å². The number of primary amides is 1. The van der Waals surface area contributed by atoms with Crippen LogP contribution >= 0.6 is 0 Å². The van der Waals surface area contributed by atoms with Gasteiger partial charge in [-0.05, 0) is 24.0 Å². The van der Waals surface area contributed by atoms with Crippen LogP contribution in [0.15, 0.2) is 24.3 Å². The summed E-state index contributed by atoms with van der Waals surface area (Å²) in [5, 5.41) is 3.26. The Labute approximate surface area is 125 Å². The number of fused-ring (bicyclic) bond motifs is 1. The van der Waals surface area contributed by atoms with E-state index in [1.807, 2.05) is 12.1 Å². The number of rotatable bonds is 6. The van der Waals surface area contributed by atoms with Gasteiger partial charge in [0.05, 0.1) is 12.6 Å². The van der Waals surface area contributed by atoms with Crippen LogP contribution in [0.1, 0.15) is 30.9 Å². The molecule has 2 rings (SSSR count). The Balaban J connectivity index is 2.05. The molecule has 0 saturated heterocycles. The highest BCUT2D eigenvalue weighted by Crippen LogP contribution is 2.17. The number of hydrogen-bond acceptors (Lipinski definition) is 3. The van der Waals surface area contributed by atoms with Gasteiger partial charge in [0.2, 0.25) is 11.8 Å². The first-order valence-electron chi connectivity index (χ1n) is 7.49. The first-order chi connectivity index (χ1) is 10.1. The Hall–Kier alpha value is -1.88. The molecule has 3 N–H and O–H groups in total. The monoisotopic (exact) mass is 289 g/mol. The summed E-state index contributed by atoms with van der Waals surface area (Å²) in [6, 6.07) is 7.85. The van der Waals surface area contributed by atoms with Crippen molar-refractivity contribution in [2.45, 2.75) is 38.8 Å². The minimum Gasteiger partial charge on any atom is -0.368 e. The van der Waals surface area contributed by atoms with Crippen LogP contribution in [0, 0.1) is 0 Å². The molecule has 1 heterocycles. The second-order valence-corrected chi connectivity index (χ2v) is 5.49. The van der Waals surface area contributed by atoms with E-state index in [2.05, 4.69) is 24.4 Å². The van der Waals surface area contributed by atoms with E-state index in [1.165, 1.54) is 11.1 Å². The number of unbranched alkanes of at least 4 members (excludes halogenated alkanes) is 1. The van der Waals surface area contributed by atoms with Gasteiger partial charge in [-0.3, -0.25) is 9.59 Å². The smallest absolute Gasteiger partial charge is 0.240 e. The molecular weight excluding hydrogens is 266 g/mol. The van der Waals surface area contributed by atoms with Gasteiger partial charge in [-0.2, -0.15) is 0 Å². The molecule has 0 saturated carbocycles. The molecule has 1 aliphatic rings. The fourth-order valence-electron chi connectivity index (χ4n) is 2.65. The summed E-state index contributed by atoms with van der Waals surface area (Å²) in [6.45, 7) is 3.32. The molecule has 5 heteroatoms. The number of benzene rings is 1. The van der Waals surface area contributed by atoms with Crippen molar-refractivity contribution in [3.63, 3.8) is 0 Å². The third-order valence-corrected chi connectivity index (χ3v) is 3.82. The van der Waals surface area contributed by atoms with Gasteiger partial charge in [0.15, 0.2) is 0 Å². The SMILES string of the molecule is CCCCN(CC(N)=O)C(=O)[C@@H]1Cc2ccccc2CN1.